The molecule has 0 radical (unpaired) electrons. The molecule has 1 heterocycles. The second kappa shape index (κ2) is 5.61. The van der Waals surface area contributed by atoms with Crippen molar-refractivity contribution in [2.24, 2.45) is 5.73 Å². The molecule has 1 aliphatic rings. The van der Waals surface area contributed by atoms with Crippen molar-refractivity contribution in [3.63, 3.8) is 0 Å². The average Bonchev–Trinajstić information content (AvgIpc) is 2.31. The van der Waals surface area contributed by atoms with Crippen molar-refractivity contribution < 1.29 is 4.74 Å². The van der Waals surface area contributed by atoms with Crippen molar-refractivity contribution in [3.05, 3.63) is 34.9 Å². The molecule has 0 amide bonds. The summed E-state index contributed by atoms with van der Waals surface area (Å²) < 4.78 is 5.79. The molecule has 0 bridgehead atoms. The molecule has 0 spiro atoms. The molecule has 1 saturated heterocycles. The highest BCUT2D eigenvalue weighted by Crippen LogP contribution is 2.28. The summed E-state index contributed by atoms with van der Waals surface area (Å²) in [6.45, 7) is 11.9. The van der Waals surface area contributed by atoms with Crippen LogP contribution in [0.15, 0.2) is 18.2 Å². The van der Waals surface area contributed by atoms with E-state index in [9.17, 15) is 0 Å². The van der Waals surface area contributed by atoms with Gasteiger partial charge in [0, 0.05) is 25.7 Å². The minimum Gasteiger partial charge on any atom is -0.373 e. The van der Waals surface area contributed by atoms with Crippen LogP contribution in [-0.4, -0.2) is 36.7 Å². The Morgan fingerprint density at radius 3 is 2.68 bits per heavy atom. The van der Waals surface area contributed by atoms with Gasteiger partial charge in [0.1, 0.15) is 0 Å². The highest BCUT2D eigenvalue weighted by atomic mass is 16.5. The van der Waals surface area contributed by atoms with Gasteiger partial charge in [-0.15, -0.1) is 0 Å². The lowest BCUT2D eigenvalue weighted by Gasteiger charge is -2.42. The van der Waals surface area contributed by atoms with E-state index in [1.54, 1.807) is 0 Å². The summed E-state index contributed by atoms with van der Waals surface area (Å²) in [5.41, 5.74) is 9.96. The van der Waals surface area contributed by atoms with E-state index in [1.165, 1.54) is 16.7 Å². The van der Waals surface area contributed by atoms with Crippen LogP contribution in [0.25, 0.3) is 0 Å². The van der Waals surface area contributed by atoms with Crippen LogP contribution in [-0.2, 0) is 4.74 Å². The maximum atomic E-state index is 6.05. The predicted octanol–water partition coefficient (Wildman–Crippen LogP) is 2.41. The molecule has 0 saturated carbocycles. The van der Waals surface area contributed by atoms with Crippen LogP contribution in [0.4, 0.5) is 0 Å². The fourth-order valence-electron chi connectivity index (χ4n) is 2.99. The second-order valence-corrected chi connectivity index (χ2v) is 6.19. The third kappa shape index (κ3) is 3.35. The molecule has 0 aliphatic carbocycles. The zero-order valence-corrected chi connectivity index (χ0v) is 12.6. The number of benzene rings is 1. The van der Waals surface area contributed by atoms with Gasteiger partial charge in [-0.1, -0.05) is 23.8 Å². The lowest BCUT2D eigenvalue weighted by Crippen LogP contribution is -2.50. The molecule has 0 aromatic heterocycles. The molecule has 1 unspecified atom stereocenters. The fraction of sp³-hybridized carbons (Fsp3) is 0.625. The number of hydrogen-bond acceptors (Lipinski definition) is 3. The van der Waals surface area contributed by atoms with Crippen LogP contribution in [0.2, 0.25) is 0 Å². The Balaban J connectivity index is 2.24. The smallest absolute Gasteiger partial charge is 0.0753 e. The molecule has 1 aromatic rings. The molecule has 1 fully saturated rings. The Morgan fingerprint density at radius 2 is 2.11 bits per heavy atom. The zero-order valence-electron chi connectivity index (χ0n) is 12.6. The molecular weight excluding hydrogens is 236 g/mol. The number of hydrogen-bond donors (Lipinski definition) is 1. The van der Waals surface area contributed by atoms with E-state index in [-0.39, 0.29) is 5.60 Å². The zero-order chi connectivity index (χ0) is 14.0. The van der Waals surface area contributed by atoms with E-state index in [0.717, 1.165) is 19.7 Å². The highest BCUT2D eigenvalue weighted by Gasteiger charge is 2.31. The van der Waals surface area contributed by atoms with Gasteiger partial charge in [-0.3, -0.25) is 4.90 Å². The van der Waals surface area contributed by atoms with E-state index >= 15 is 0 Å². The van der Waals surface area contributed by atoms with Gasteiger partial charge < -0.3 is 10.5 Å². The SMILES string of the molecule is Cc1ccc(C(CN)N2CCOC(C)(C)C2)c(C)c1. The molecule has 3 heteroatoms. The number of aryl methyl sites for hydroxylation is 2. The number of ether oxygens (including phenoxy) is 1. The Kier molecular flexibility index (Phi) is 4.29. The third-order valence-corrected chi connectivity index (χ3v) is 3.90. The molecule has 2 rings (SSSR count). The number of morpholine rings is 1. The Labute approximate surface area is 116 Å². The first-order chi connectivity index (χ1) is 8.93. The molecule has 1 aliphatic heterocycles. The number of nitrogens with two attached hydrogens (primary N) is 1. The third-order valence-electron chi connectivity index (χ3n) is 3.90. The monoisotopic (exact) mass is 262 g/mol. The second-order valence-electron chi connectivity index (χ2n) is 6.19. The predicted molar refractivity (Wildman–Crippen MR) is 79.3 cm³/mol. The van der Waals surface area contributed by atoms with Gasteiger partial charge >= 0.3 is 0 Å². The quantitative estimate of drug-likeness (QED) is 0.909. The first-order valence-corrected chi connectivity index (χ1v) is 7.08. The van der Waals surface area contributed by atoms with Gasteiger partial charge in [-0.25, -0.2) is 0 Å². The van der Waals surface area contributed by atoms with E-state index < -0.39 is 0 Å². The fourth-order valence-corrected chi connectivity index (χ4v) is 2.99. The first-order valence-electron chi connectivity index (χ1n) is 7.08. The molecule has 2 N–H and O–H groups in total. The molecule has 1 aromatic carbocycles. The maximum absolute atomic E-state index is 6.05. The summed E-state index contributed by atoms with van der Waals surface area (Å²) in [6.07, 6.45) is 0. The van der Waals surface area contributed by atoms with Gasteiger partial charge in [0.15, 0.2) is 0 Å². The summed E-state index contributed by atoms with van der Waals surface area (Å²) in [5, 5.41) is 0. The van der Waals surface area contributed by atoms with E-state index in [1.807, 2.05) is 0 Å². The molecule has 3 nitrogen and oxygen atoms in total. The summed E-state index contributed by atoms with van der Waals surface area (Å²) in [7, 11) is 0. The molecular formula is C16H26N2O. The van der Waals surface area contributed by atoms with Crippen molar-refractivity contribution in [1.29, 1.82) is 0 Å². The number of rotatable bonds is 3. The largest absolute Gasteiger partial charge is 0.373 e. The number of nitrogens with zero attached hydrogens (tertiary/aromatic N) is 1. The topological polar surface area (TPSA) is 38.5 Å². The summed E-state index contributed by atoms with van der Waals surface area (Å²) in [6, 6.07) is 6.94. The Hall–Kier alpha value is -0.900. The minimum absolute atomic E-state index is 0.0791. The first kappa shape index (κ1) is 14.5. The Bertz CT molecular complexity index is 442. The van der Waals surface area contributed by atoms with Crippen molar-refractivity contribution in [2.45, 2.75) is 39.3 Å². The van der Waals surface area contributed by atoms with Crippen molar-refractivity contribution in [1.82, 2.24) is 4.90 Å². The summed E-state index contributed by atoms with van der Waals surface area (Å²) in [4.78, 5) is 2.46. The molecule has 106 valence electrons. The normalized spacial score (nSPS) is 21.3. The standard InChI is InChI=1S/C16H26N2O/c1-12-5-6-14(13(2)9-12)15(10-17)18-7-8-19-16(3,4)11-18/h5-6,9,15H,7-8,10-11,17H2,1-4H3. The van der Waals surface area contributed by atoms with Gasteiger partial charge in [0.2, 0.25) is 0 Å². The highest BCUT2D eigenvalue weighted by molar-refractivity contribution is 5.33. The van der Waals surface area contributed by atoms with Crippen LogP contribution < -0.4 is 5.73 Å². The van der Waals surface area contributed by atoms with E-state index in [4.69, 9.17) is 10.5 Å². The van der Waals surface area contributed by atoms with Crippen molar-refractivity contribution in [2.75, 3.05) is 26.2 Å². The minimum atomic E-state index is -0.0791. The average molecular weight is 262 g/mol. The van der Waals surface area contributed by atoms with Crippen LogP contribution in [0, 0.1) is 13.8 Å². The maximum Gasteiger partial charge on any atom is 0.0753 e. The van der Waals surface area contributed by atoms with Crippen molar-refractivity contribution in [3.8, 4) is 0 Å². The lowest BCUT2D eigenvalue weighted by molar-refractivity contribution is -0.0968. The van der Waals surface area contributed by atoms with Crippen LogP contribution in [0.1, 0.15) is 36.6 Å². The van der Waals surface area contributed by atoms with Gasteiger partial charge in [0.25, 0.3) is 0 Å². The van der Waals surface area contributed by atoms with Crippen LogP contribution in [0.3, 0.4) is 0 Å². The molecule has 1 atom stereocenters. The van der Waals surface area contributed by atoms with E-state index in [2.05, 4.69) is 50.8 Å². The van der Waals surface area contributed by atoms with Gasteiger partial charge in [0.05, 0.1) is 12.2 Å². The van der Waals surface area contributed by atoms with Gasteiger partial charge in [-0.05, 0) is 38.8 Å². The molecule has 19 heavy (non-hydrogen) atoms. The van der Waals surface area contributed by atoms with Gasteiger partial charge in [-0.2, -0.15) is 0 Å². The lowest BCUT2D eigenvalue weighted by atomic mass is 9.96. The van der Waals surface area contributed by atoms with Crippen LogP contribution >= 0.6 is 0 Å². The van der Waals surface area contributed by atoms with Crippen molar-refractivity contribution >= 4 is 0 Å². The van der Waals surface area contributed by atoms with E-state index in [0.29, 0.717) is 12.6 Å². The van der Waals surface area contributed by atoms with Crippen LogP contribution in [0.5, 0.6) is 0 Å². The summed E-state index contributed by atoms with van der Waals surface area (Å²) >= 11 is 0. The Morgan fingerprint density at radius 1 is 1.37 bits per heavy atom. The summed E-state index contributed by atoms with van der Waals surface area (Å²) in [5.74, 6) is 0.